The van der Waals surface area contributed by atoms with E-state index >= 15 is 0 Å². The molecule has 0 amide bonds. The van der Waals surface area contributed by atoms with Crippen LogP contribution in [0.2, 0.25) is 0 Å². The predicted molar refractivity (Wildman–Crippen MR) is 60.3 cm³/mol. The summed E-state index contributed by atoms with van der Waals surface area (Å²) in [7, 11) is 0. The number of hydrogen-bond donors (Lipinski definition) is 1. The van der Waals surface area contributed by atoms with Crippen LogP contribution in [0.5, 0.6) is 0 Å². The highest BCUT2D eigenvalue weighted by molar-refractivity contribution is 5.94. The maximum atomic E-state index is 11.1. The summed E-state index contributed by atoms with van der Waals surface area (Å²) in [5.41, 5.74) is 2.02. The number of carbonyl (C=O) groups excluding carboxylic acids is 1. The van der Waals surface area contributed by atoms with Gasteiger partial charge in [-0.05, 0) is 31.2 Å². The fourth-order valence-corrected chi connectivity index (χ4v) is 1.92. The zero-order valence-corrected chi connectivity index (χ0v) is 9.07. The van der Waals surface area contributed by atoms with Crippen molar-refractivity contribution in [2.45, 2.75) is 6.92 Å². The number of rotatable bonds is 2. The van der Waals surface area contributed by atoms with Crippen LogP contribution in [0.3, 0.4) is 0 Å². The standard InChI is InChI=1S/C12H16N2O/c1-10(15)11-2-4-12(5-3-11)14-8-6-13-7-9-14/h2-5,13H,6-9H2,1H3/p+1. The van der Waals surface area contributed by atoms with E-state index in [0.717, 1.165) is 31.7 Å². The zero-order valence-electron chi connectivity index (χ0n) is 9.07. The van der Waals surface area contributed by atoms with E-state index in [4.69, 9.17) is 0 Å². The first-order valence-electron chi connectivity index (χ1n) is 5.45. The Hall–Kier alpha value is -1.35. The molecule has 0 bridgehead atoms. The Morgan fingerprint density at radius 3 is 2.33 bits per heavy atom. The average Bonchev–Trinajstić information content (AvgIpc) is 2.30. The van der Waals surface area contributed by atoms with Crippen LogP contribution in [-0.4, -0.2) is 32.0 Å². The molecular formula is C12H17N2O+. The first-order chi connectivity index (χ1) is 7.27. The van der Waals surface area contributed by atoms with Crippen LogP contribution in [0.15, 0.2) is 24.3 Å². The first-order valence-corrected chi connectivity index (χ1v) is 5.45. The third kappa shape index (κ3) is 2.36. The van der Waals surface area contributed by atoms with Crippen molar-refractivity contribution in [2.24, 2.45) is 0 Å². The third-order valence-electron chi connectivity index (χ3n) is 2.85. The number of Topliss-reactive ketones (excluding diaryl/α,β-unsaturated/α-hetero) is 1. The number of benzene rings is 1. The minimum Gasteiger partial charge on any atom is -0.360 e. The van der Waals surface area contributed by atoms with Gasteiger partial charge in [0.1, 0.15) is 0 Å². The zero-order chi connectivity index (χ0) is 10.7. The van der Waals surface area contributed by atoms with Crippen LogP contribution >= 0.6 is 0 Å². The van der Waals surface area contributed by atoms with Gasteiger partial charge in [0.05, 0.1) is 26.2 Å². The molecule has 0 atom stereocenters. The molecule has 0 aromatic heterocycles. The maximum Gasteiger partial charge on any atom is 0.159 e. The lowest BCUT2D eigenvalue weighted by Gasteiger charge is -2.27. The second-order valence-electron chi connectivity index (χ2n) is 3.96. The fraction of sp³-hybridized carbons (Fsp3) is 0.417. The molecule has 1 heterocycles. The van der Waals surface area contributed by atoms with Gasteiger partial charge < -0.3 is 10.2 Å². The average molecular weight is 205 g/mol. The molecule has 1 fully saturated rings. The summed E-state index contributed by atoms with van der Waals surface area (Å²) in [6, 6.07) is 7.91. The van der Waals surface area contributed by atoms with Crippen LogP contribution in [0, 0.1) is 0 Å². The molecule has 3 heteroatoms. The van der Waals surface area contributed by atoms with Gasteiger partial charge in [0, 0.05) is 11.3 Å². The Labute approximate surface area is 90.1 Å². The highest BCUT2D eigenvalue weighted by Crippen LogP contribution is 2.15. The highest BCUT2D eigenvalue weighted by Gasteiger charge is 2.12. The van der Waals surface area contributed by atoms with Crippen molar-refractivity contribution in [3.63, 3.8) is 0 Å². The number of quaternary nitrogens is 1. The molecule has 2 N–H and O–H groups in total. The largest absolute Gasteiger partial charge is 0.360 e. The van der Waals surface area contributed by atoms with Gasteiger partial charge in [0.15, 0.2) is 5.78 Å². The molecule has 2 rings (SSSR count). The van der Waals surface area contributed by atoms with Gasteiger partial charge in [-0.25, -0.2) is 0 Å². The maximum absolute atomic E-state index is 11.1. The van der Waals surface area contributed by atoms with Gasteiger partial charge in [-0.3, -0.25) is 4.79 Å². The summed E-state index contributed by atoms with van der Waals surface area (Å²) in [5.74, 6) is 0.133. The van der Waals surface area contributed by atoms with Gasteiger partial charge in [0.25, 0.3) is 0 Å². The fourth-order valence-electron chi connectivity index (χ4n) is 1.92. The minimum absolute atomic E-state index is 0.133. The van der Waals surface area contributed by atoms with E-state index in [1.54, 1.807) is 6.92 Å². The lowest BCUT2D eigenvalue weighted by atomic mass is 10.1. The number of nitrogens with two attached hydrogens (primary N) is 1. The molecule has 0 radical (unpaired) electrons. The van der Waals surface area contributed by atoms with Crippen molar-refractivity contribution < 1.29 is 10.1 Å². The molecule has 15 heavy (non-hydrogen) atoms. The summed E-state index contributed by atoms with van der Waals surface area (Å²) >= 11 is 0. The molecule has 80 valence electrons. The van der Waals surface area contributed by atoms with Crippen LogP contribution in [0.1, 0.15) is 17.3 Å². The van der Waals surface area contributed by atoms with E-state index in [-0.39, 0.29) is 5.78 Å². The van der Waals surface area contributed by atoms with Gasteiger partial charge in [-0.15, -0.1) is 0 Å². The molecule has 1 saturated heterocycles. The van der Waals surface area contributed by atoms with Crippen molar-refractivity contribution in [3.8, 4) is 0 Å². The number of hydrogen-bond acceptors (Lipinski definition) is 2. The second kappa shape index (κ2) is 4.45. The number of piperazine rings is 1. The normalized spacial score (nSPS) is 16.5. The van der Waals surface area contributed by atoms with Crippen molar-refractivity contribution in [2.75, 3.05) is 31.1 Å². The lowest BCUT2D eigenvalue weighted by Crippen LogP contribution is -2.89. The molecule has 0 unspecified atom stereocenters. The van der Waals surface area contributed by atoms with Gasteiger partial charge >= 0.3 is 0 Å². The number of anilines is 1. The van der Waals surface area contributed by atoms with E-state index in [9.17, 15) is 4.79 Å². The first kappa shape index (κ1) is 10.2. The smallest absolute Gasteiger partial charge is 0.159 e. The molecular weight excluding hydrogens is 188 g/mol. The van der Waals surface area contributed by atoms with Crippen LogP contribution in [0.4, 0.5) is 5.69 Å². The Morgan fingerprint density at radius 2 is 1.80 bits per heavy atom. The summed E-state index contributed by atoms with van der Waals surface area (Å²) in [4.78, 5) is 13.5. The molecule has 0 spiro atoms. The molecule has 1 aliphatic rings. The summed E-state index contributed by atoms with van der Waals surface area (Å²) < 4.78 is 0. The summed E-state index contributed by atoms with van der Waals surface area (Å²) in [6.45, 7) is 6.12. The van der Waals surface area contributed by atoms with Gasteiger partial charge in [-0.1, -0.05) is 0 Å². The molecule has 1 aromatic rings. The van der Waals surface area contributed by atoms with E-state index < -0.39 is 0 Å². The molecule has 0 aliphatic carbocycles. The van der Waals surface area contributed by atoms with E-state index in [0.29, 0.717) is 0 Å². The SMILES string of the molecule is CC(=O)c1ccc(N2CC[NH2+]CC2)cc1. The predicted octanol–water partition coefficient (Wildman–Crippen LogP) is 0.273. The summed E-state index contributed by atoms with van der Waals surface area (Å²) in [6.07, 6.45) is 0. The number of carbonyl (C=O) groups is 1. The highest BCUT2D eigenvalue weighted by atomic mass is 16.1. The topological polar surface area (TPSA) is 36.9 Å². The van der Waals surface area contributed by atoms with Crippen molar-refractivity contribution >= 4 is 11.5 Å². The molecule has 0 saturated carbocycles. The number of nitrogens with zero attached hydrogens (tertiary/aromatic N) is 1. The monoisotopic (exact) mass is 205 g/mol. The molecule has 1 aromatic carbocycles. The Bertz CT molecular complexity index is 339. The summed E-state index contributed by atoms with van der Waals surface area (Å²) in [5, 5.41) is 2.33. The van der Waals surface area contributed by atoms with Crippen molar-refractivity contribution in [3.05, 3.63) is 29.8 Å². The number of ketones is 1. The van der Waals surface area contributed by atoms with Gasteiger partial charge in [0.2, 0.25) is 0 Å². The Morgan fingerprint density at radius 1 is 1.20 bits per heavy atom. The van der Waals surface area contributed by atoms with E-state index in [1.807, 2.05) is 24.3 Å². The lowest BCUT2D eigenvalue weighted by molar-refractivity contribution is -0.655. The second-order valence-corrected chi connectivity index (χ2v) is 3.96. The Kier molecular flexibility index (Phi) is 3.02. The minimum atomic E-state index is 0.133. The molecule has 1 aliphatic heterocycles. The van der Waals surface area contributed by atoms with Crippen molar-refractivity contribution in [1.82, 2.24) is 0 Å². The van der Waals surface area contributed by atoms with Crippen LogP contribution in [-0.2, 0) is 0 Å². The van der Waals surface area contributed by atoms with Crippen LogP contribution in [0.25, 0.3) is 0 Å². The van der Waals surface area contributed by atoms with Crippen molar-refractivity contribution in [1.29, 1.82) is 0 Å². The van der Waals surface area contributed by atoms with E-state index in [2.05, 4.69) is 10.2 Å². The third-order valence-corrected chi connectivity index (χ3v) is 2.85. The quantitative estimate of drug-likeness (QED) is 0.704. The van der Waals surface area contributed by atoms with Gasteiger partial charge in [-0.2, -0.15) is 0 Å². The molecule has 3 nitrogen and oxygen atoms in total. The Balaban J connectivity index is 2.11. The van der Waals surface area contributed by atoms with E-state index in [1.165, 1.54) is 5.69 Å². The van der Waals surface area contributed by atoms with Crippen LogP contribution < -0.4 is 10.2 Å².